The second-order valence-electron chi connectivity index (χ2n) is 10.1. The van der Waals surface area contributed by atoms with Crippen molar-refractivity contribution in [3.63, 3.8) is 0 Å². The van der Waals surface area contributed by atoms with Crippen LogP contribution in [0.1, 0.15) is 43.4 Å². The van der Waals surface area contributed by atoms with Crippen LogP contribution < -0.4 is 4.90 Å². The van der Waals surface area contributed by atoms with Crippen LogP contribution in [0.25, 0.3) is 0 Å². The molecule has 8 heteroatoms. The number of piperidine rings is 1. The number of hydrogen-bond donors (Lipinski definition) is 0. The summed E-state index contributed by atoms with van der Waals surface area (Å²) in [7, 11) is -2.07. The van der Waals surface area contributed by atoms with E-state index >= 15 is 0 Å². The first kappa shape index (κ1) is 23.1. The smallest absolute Gasteiger partial charge is 0.243 e. The molecule has 0 unspecified atom stereocenters. The number of rotatable bonds is 3. The van der Waals surface area contributed by atoms with Crippen LogP contribution in [0.15, 0.2) is 47.4 Å². The Labute approximate surface area is 201 Å². The number of likely N-dealkylation sites (N-methyl/N-ethyl adjacent to an activating group) is 1. The van der Waals surface area contributed by atoms with Crippen LogP contribution in [0, 0.1) is 5.92 Å². The van der Waals surface area contributed by atoms with E-state index in [1.807, 2.05) is 30.9 Å². The van der Waals surface area contributed by atoms with Crippen LogP contribution in [0.2, 0.25) is 0 Å². The Kier molecular flexibility index (Phi) is 5.56. The molecule has 2 aromatic carbocycles. The second-order valence-corrected chi connectivity index (χ2v) is 12.1. The lowest BCUT2D eigenvalue weighted by atomic mass is 9.86. The third-order valence-corrected chi connectivity index (χ3v) is 9.52. The average molecular weight is 482 g/mol. The number of carbonyl (C=O) groups excluding carboxylic acids is 2. The molecule has 7 nitrogen and oxygen atoms in total. The number of anilines is 1. The number of benzene rings is 2. The van der Waals surface area contributed by atoms with Crippen LogP contribution in [0.5, 0.6) is 0 Å². The minimum atomic E-state index is -3.78. The van der Waals surface area contributed by atoms with E-state index in [1.165, 1.54) is 15.4 Å². The fourth-order valence-electron chi connectivity index (χ4n) is 5.57. The third kappa shape index (κ3) is 3.64. The van der Waals surface area contributed by atoms with Crippen LogP contribution in [-0.4, -0.2) is 56.1 Å². The summed E-state index contributed by atoms with van der Waals surface area (Å²) >= 11 is 0. The Morgan fingerprint density at radius 2 is 1.79 bits per heavy atom. The van der Waals surface area contributed by atoms with Crippen molar-refractivity contribution in [2.75, 3.05) is 31.6 Å². The summed E-state index contributed by atoms with van der Waals surface area (Å²) in [6.45, 7) is 5.48. The highest BCUT2D eigenvalue weighted by atomic mass is 32.2. The maximum atomic E-state index is 13.6. The summed E-state index contributed by atoms with van der Waals surface area (Å²) in [5.41, 5.74) is 3.13. The van der Waals surface area contributed by atoms with Gasteiger partial charge in [-0.05, 0) is 68.0 Å². The Hall–Kier alpha value is -2.71. The topological polar surface area (TPSA) is 78.0 Å². The average Bonchev–Trinajstić information content (AvgIpc) is 3.03. The quantitative estimate of drug-likeness (QED) is 0.675. The Morgan fingerprint density at radius 1 is 1.06 bits per heavy atom. The molecule has 2 aromatic rings. The van der Waals surface area contributed by atoms with Gasteiger partial charge in [0.25, 0.3) is 0 Å². The highest BCUT2D eigenvalue weighted by Crippen LogP contribution is 2.42. The van der Waals surface area contributed by atoms with E-state index in [0.717, 1.165) is 17.7 Å². The van der Waals surface area contributed by atoms with Gasteiger partial charge in [-0.1, -0.05) is 24.3 Å². The molecule has 0 N–H and O–H groups in total. The molecule has 3 heterocycles. The minimum absolute atomic E-state index is 0.0386. The SMILES string of the molecule is CN1C(=O)C(C)(C)c2cc(S(=O)(=O)N3CCC[C@@H](C(=O)N4CCc5ccccc5C4)C3)ccc21. The number of nitrogens with zero attached hydrogens (tertiary/aromatic N) is 3. The lowest BCUT2D eigenvalue weighted by molar-refractivity contribution is -0.137. The van der Waals surface area contributed by atoms with E-state index in [-0.39, 0.29) is 29.2 Å². The molecule has 180 valence electrons. The van der Waals surface area contributed by atoms with Gasteiger partial charge in [-0.25, -0.2) is 8.42 Å². The first-order valence-electron chi connectivity index (χ1n) is 11.9. The fraction of sp³-hybridized carbons (Fsp3) is 0.462. The van der Waals surface area contributed by atoms with Crippen molar-refractivity contribution >= 4 is 27.5 Å². The normalized spacial score (nSPS) is 22.4. The standard InChI is InChI=1S/C26H31N3O4S/c1-26(2)22-15-21(10-11-23(22)27(3)25(26)31)34(32,33)29-13-6-9-20(17-29)24(30)28-14-12-18-7-4-5-8-19(18)16-28/h4-5,7-8,10-11,15,20H,6,9,12-14,16-17H2,1-3H3/t20-/m1/s1. The van der Waals surface area contributed by atoms with Crippen LogP contribution >= 0.6 is 0 Å². The molecular weight excluding hydrogens is 450 g/mol. The first-order valence-corrected chi connectivity index (χ1v) is 13.3. The predicted octanol–water partition coefficient (Wildman–Crippen LogP) is 2.93. The van der Waals surface area contributed by atoms with E-state index in [1.54, 1.807) is 30.1 Å². The highest BCUT2D eigenvalue weighted by molar-refractivity contribution is 7.89. The van der Waals surface area contributed by atoms with Gasteiger partial charge in [-0.3, -0.25) is 9.59 Å². The maximum absolute atomic E-state index is 13.6. The highest BCUT2D eigenvalue weighted by Gasteiger charge is 2.43. The molecule has 3 aliphatic heterocycles. The molecule has 34 heavy (non-hydrogen) atoms. The van der Waals surface area contributed by atoms with E-state index in [0.29, 0.717) is 32.5 Å². The molecule has 0 bridgehead atoms. The molecule has 1 fully saturated rings. The van der Waals surface area contributed by atoms with Crippen molar-refractivity contribution in [1.82, 2.24) is 9.21 Å². The molecule has 0 radical (unpaired) electrons. The van der Waals surface area contributed by atoms with Gasteiger partial charge >= 0.3 is 0 Å². The molecule has 0 aromatic heterocycles. The van der Waals surface area contributed by atoms with Crippen LogP contribution in [-0.2, 0) is 38.0 Å². The Balaban J connectivity index is 1.36. The number of carbonyl (C=O) groups is 2. The molecule has 2 amide bonds. The van der Waals surface area contributed by atoms with E-state index in [2.05, 4.69) is 12.1 Å². The van der Waals surface area contributed by atoms with Crippen molar-refractivity contribution in [1.29, 1.82) is 0 Å². The largest absolute Gasteiger partial charge is 0.338 e. The van der Waals surface area contributed by atoms with Crippen molar-refractivity contribution in [2.45, 2.75) is 50.0 Å². The number of fused-ring (bicyclic) bond motifs is 2. The lowest BCUT2D eigenvalue weighted by Crippen LogP contribution is -2.47. The second kappa shape index (κ2) is 8.20. The van der Waals surface area contributed by atoms with Gasteiger partial charge < -0.3 is 9.80 Å². The van der Waals surface area contributed by atoms with Gasteiger partial charge in [0, 0.05) is 38.9 Å². The van der Waals surface area contributed by atoms with Gasteiger partial charge in [-0.15, -0.1) is 0 Å². The molecule has 0 spiro atoms. The minimum Gasteiger partial charge on any atom is -0.338 e. The molecule has 0 aliphatic carbocycles. The first-order chi connectivity index (χ1) is 16.1. The zero-order valence-electron chi connectivity index (χ0n) is 20.0. The summed E-state index contributed by atoms with van der Waals surface area (Å²) in [6.07, 6.45) is 2.17. The number of amides is 2. The monoisotopic (exact) mass is 481 g/mol. The number of sulfonamides is 1. The van der Waals surface area contributed by atoms with Crippen molar-refractivity contribution in [3.8, 4) is 0 Å². The zero-order chi connectivity index (χ0) is 24.3. The van der Waals surface area contributed by atoms with E-state index in [9.17, 15) is 18.0 Å². The summed E-state index contributed by atoms with van der Waals surface area (Å²) in [5.74, 6) is -0.354. The Morgan fingerprint density at radius 3 is 2.56 bits per heavy atom. The van der Waals surface area contributed by atoms with Gasteiger partial charge in [0.1, 0.15) is 0 Å². The maximum Gasteiger partial charge on any atom is 0.243 e. The summed E-state index contributed by atoms with van der Waals surface area (Å²) < 4.78 is 28.6. The molecule has 3 aliphatic rings. The molecular formula is C26H31N3O4S. The van der Waals surface area contributed by atoms with Crippen molar-refractivity contribution < 1.29 is 18.0 Å². The van der Waals surface area contributed by atoms with Gasteiger partial charge in [-0.2, -0.15) is 4.31 Å². The van der Waals surface area contributed by atoms with Crippen molar-refractivity contribution in [2.24, 2.45) is 5.92 Å². The summed E-state index contributed by atoms with van der Waals surface area (Å²) in [4.78, 5) is 29.6. The zero-order valence-corrected chi connectivity index (χ0v) is 20.8. The molecule has 1 atom stereocenters. The van der Waals surface area contributed by atoms with Crippen molar-refractivity contribution in [3.05, 3.63) is 59.2 Å². The number of hydrogen-bond acceptors (Lipinski definition) is 4. The van der Waals surface area contributed by atoms with E-state index in [4.69, 9.17) is 0 Å². The van der Waals surface area contributed by atoms with Gasteiger partial charge in [0.2, 0.25) is 21.8 Å². The summed E-state index contributed by atoms with van der Waals surface area (Å²) in [5, 5.41) is 0. The Bertz CT molecular complexity index is 1270. The van der Waals surface area contributed by atoms with Gasteiger partial charge in [0.05, 0.1) is 16.2 Å². The molecule has 1 saturated heterocycles. The molecule has 0 saturated carbocycles. The van der Waals surface area contributed by atoms with Gasteiger partial charge in [0.15, 0.2) is 0 Å². The molecule has 5 rings (SSSR count). The summed E-state index contributed by atoms with van der Waals surface area (Å²) in [6, 6.07) is 13.1. The van der Waals surface area contributed by atoms with E-state index < -0.39 is 15.4 Å². The van der Waals surface area contributed by atoms with Crippen LogP contribution in [0.4, 0.5) is 5.69 Å². The van der Waals surface area contributed by atoms with Crippen LogP contribution in [0.3, 0.4) is 0 Å². The predicted molar refractivity (Wildman–Crippen MR) is 130 cm³/mol. The lowest BCUT2D eigenvalue weighted by Gasteiger charge is -2.36. The third-order valence-electron chi connectivity index (χ3n) is 7.66. The fourth-order valence-corrected chi connectivity index (χ4v) is 7.12.